The highest BCUT2D eigenvalue weighted by molar-refractivity contribution is 6.00. The second kappa shape index (κ2) is 8.94. The fourth-order valence-electron chi connectivity index (χ4n) is 2.55. The first-order valence-corrected chi connectivity index (χ1v) is 9.16. The van der Waals surface area contributed by atoms with E-state index in [0.29, 0.717) is 5.56 Å². The van der Waals surface area contributed by atoms with Gasteiger partial charge in [-0.3, -0.25) is 9.59 Å². The van der Waals surface area contributed by atoms with E-state index in [2.05, 4.69) is 0 Å². The van der Waals surface area contributed by atoms with Crippen molar-refractivity contribution in [2.75, 3.05) is 6.61 Å². The summed E-state index contributed by atoms with van der Waals surface area (Å²) in [7, 11) is 0. The quantitative estimate of drug-likeness (QED) is 0.747. The molecule has 1 heterocycles. The highest BCUT2D eigenvalue weighted by Gasteiger charge is 2.37. The average Bonchev–Trinajstić information content (AvgIpc) is 2.60. The number of ketones is 1. The Morgan fingerprint density at radius 1 is 1.25 bits per heavy atom. The molecular formula is C21H27FO6. The van der Waals surface area contributed by atoms with Gasteiger partial charge in [0, 0.05) is 5.57 Å². The van der Waals surface area contributed by atoms with Gasteiger partial charge in [0.05, 0.1) is 11.5 Å². The maximum atomic E-state index is 13.2. The molecule has 0 aliphatic carbocycles. The van der Waals surface area contributed by atoms with Crippen molar-refractivity contribution in [3.63, 3.8) is 0 Å². The molecule has 0 saturated carbocycles. The summed E-state index contributed by atoms with van der Waals surface area (Å²) in [4.78, 5) is 24.8. The summed E-state index contributed by atoms with van der Waals surface area (Å²) < 4.78 is 29.6. The van der Waals surface area contributed by atoms with Crippen LogP contribution in [0.3, 0.4) is 0 Å². The molecule has 0 unspecified atom stereocenters. The van der Waals surface area contributed by atoms with E-state index in [-0.39, 0.29) is 18.3 Å². The third-order valence-electron chi connectivity index (χ3n) is 4.06. The molecule has 6 nitrogen and oxygen atoms in total. The molecule has 3 atom stereocenters. The van der Waals surface area contributed by atoms with Crippen molar-refractivity contribution < 1.29 is 33.3 Å². The second-order valence-electron chi connectivity index (χ2n) is 7.97. The minimum atomic E-state index is -1.28. The highest BCUT2D eigenvalue weighted by Crippen LogP contribution is 2.29. The summed E-state index contributed by atoms with van der Waals surface area (Å²) in [5.41, 5.74) is -0.311. The van der Waals surface area contributed by atoms with Crippen LogP contribution in [0.2, 0.25) is 0 Å². The molecule has 0 fully saturated rings. The Morgan fingerprint density at radius 2 is 1.86 bits per heavy atom. The molecule has 1 N–H and O–H groups in total. The third kappa shape index (κ3) is 5.70. The average molecular weight is 394 g/mol. The molecule has 0 bridgehead atoms. The Morgan fingerprint density at radius 3 is 2.39 bits per heavy atom. The molecule has 7 heteroatoms. The van der Waals surface area contributed by atoms with Crippen LogP contribution < -0.4 is 0 Å². The number of hydrogen-bond acceptors (Lipinski definition) is 6. The number of carbonyl (C=O) groups is 2. The minimum absolute atomic E-state index is 0.0558. The molecule has 2 rings (SSSR count). The van der Waals surface area contributed by atoms with E-state index in [4.69, 9.17) is 14.2 Å². The Hall–Kier alpha value is -2.09. The lowest BCUT2D eigenvalue weighted by molar-refractivity contribution is -0.189. The first-order valence-electron chi connectivity index (χ1n) is 9.16. The summed E-state index contributed by atoms with van der Waals surface area (Å²) >= 11 is 0. The van der Waals surface area contributed by atoms with Crippen molar-refractivity contribution in [2.45, 2.75) is 59.2 Å². The van der Waals surface area contributed by atoms with Gasteiger partial charge in [-0.15, -0.1) is 0 Å². The monoisotopic (exact) mass is 394 g/mol. The highest BCUT2D eigenvalue weighted by atomic mass is 19.1. The van der Waals surface area contributed by atoms with Gasteiger partial charge in [-0.2, -0.15) is 0 Å². The molecule has 0 aromatic heterocycles. The number of Topliss-reactive ketones (excluding diaryl/α,β-unsaturated/α-hetero) is 1. The number of hydrogen-bond donors (Lipinski definition) is 1. The van der Waals surface area contributed by atoms with Gasteiger partial charge < -0.3 is 19.3 Å². The number of halogens is 1. The zero-order valence-electron chi connectivity index (χ0n) is 16.8. The molecule has 0 amide bonds. The number of carbonyl (C=O) groups excluding carboxylic acids is 2. The lowest BCUT2D eigenvalue weighted by Crippen LogP contribution is -2.42. The molecule has 28 heavy (non-hydrogen) atoms. The molecule has 0 saturated heterocycles. The number of benzene rings is 1. The first kappa shape index (κ1) is 22.2. The zero-order chi connectivity index (χ0) is 21.1. The normalized spacial score (nSPS) is 21.4. The van der Waals surface area contributed by atoms with Crippen molar-refractivity contribution in [3.8, 4) is 0 Å². The number of esters is 1. The van der Waals surface area contributed by atoms with Gasteiger partial charge in [0.25, 0.3) is 0 Å². The molecule has 1 aromatic carbocycles. The van der Waals surface area contributed by atoms with E-state index in [1.807, 2.05) is 0 Å². The predicted molar refractivity (Wildman–Crippen MR) is 99.7 cm³/mol. The van der Waals surface area contributed by atoms with Crippen molar-refractivity contribution in [3.05, 3.63) is 47.3 Å². The van der Waals surface area contributed by atoms with Crippen LogP contribution >= 0.6 is 0 Å². The lowest BCUT2D eigenvalue weighted by Gasteiger charge is -2.31. The first-order chi connectivity index (χ1) is 13.0. The van der Waals surface area contributed by atoms with Crippen LogP contribution in [0.4, 0.5) is 4.39 Å². The third-order valence-corrected chi connectivity index (χ3v) is 4.06. The Labute approximate surface area is 164 Å². The lowest BCUT2D eigenvalue weighted by atomic mass is 9.93. The van der Waals surface area contributed by atoms with Crippen LogP contribution in [-0.2, 0) is 23.8 Å². The summed E-state index contributed by atoms with van der Waals surface area (Å²) in [6.45, 7) is 8.42. The number of aliphatic hydroxyl groups is 1. The molecule has 0 radical (unpaired) electrons. The number of rotatable bonds is 6. The van der Waals surface area contributed by atoms with Crippen LogP contribution in [0.5, 0.6) is 0 Å². The number of ether oxygens (including phenoxy) is 3. The molecule has 1 aliphatic heterocycles. The Kier molecular flexibility index (Phi) is 7.09. The van der Waals surface area contributed by atoms with Crippen LogP contribution in [-0.4, -0.2) is 42.0 Å². The maximum Gasteiger partial charge on any atom is 0.311 e. The van der Waals surface area contributed by atoms with Gasteiger partial charge in [-0.1, -0.05) is 12.1 Å². The van der Waals surface area contributed by atoms with E-state index in [1.165, 1.54) is 30.3 Å². The van der Waals surface area contributed by atoms with Crippen molar-refractivity contribution in [2.24, 2.45) is 5.41 Å². The topological polar surface area (TPSA) is 82.1 Å². The van der Waals surface area contributed by atoms with Crippen molar-refractivity contribution in [1.29, 1.82) is 0 Å². The van der Waals surface area contributed by atoms with Gasteiger partial charge in [-0.25, -0.2) is 4.39 Å². The van der Waals surface area contributed by atoms with Crippen molar-refractivity contribution in [1.82, 2.24) is 0 Å². The SMILES string of the molecule is CC(C)O[C@@H]1C=C([C@H](O)c2ccc(F)cc2)C(=O)[C@@H](COC(=O)C(C)(C)C)O1. The van der Waals surface area contributed by atoms with E-state index in [9.17, 15) is 19.1 Å². The van der Waals surface area contributed by atoms with E-state index >= 15 is 0 Å². The standard InChI is InChI=1S/C21H27FO6/c1-12(2)27-17-10-15(18(23)13-6-8-14(22)9-7-13)19(24)16(28-17)11-26-20(25)21(3,4)5/h6-10,12,16-18,23H,11H2,1-5H3/t16-,17+,18-/m1/s1. The Bertz CT molecular complexity index is 732. The minimum Gasteiger partial charge on any atom is -0.462 e. The molecular weight excluding hydrogens is 367 g/mol. The fraction of sp³-hybridized carbons (Fsp3) is 0.524. The maximum absolute atomic E-state index is 13.2. The van der Waals surface area contributed by atoms with Gasteiger partial charge >= 0.3 is 5.97 Å². The van der Waals surface area contributed by atoms with Gasteiger partial charge in [0.1, 0.15) is 18.5 Å². The fourth-order valence-corrected chi connectivity index (χ4v) is 2.55. The van der Waals surface area contributed by atoms with Gasteiger partial charge in [0.15, 0.2) is 18.2 Å². The van der Waals surface area contributed by atoms with E-state index in [0.717, 1.165) is 0 Å². The summed E-state index contributed by atoms with van der Waals surface area (Å²) in [6.07, 6.45) is -2.07. The summed E-state index contributed by atoms with van der Waals surface area (Å²) in [5.74, 6) is -1.43. The van der Waals surface area contributed by atoms with Gasteiger partial charge in [-0.05, 0) is 58.4 Å². The largest absolute Gasteiger partial charge is 0.462 e. The van der Waals surface area contributed by atoms with Crippen molar-refractivity contribution >= 4 is 11.8 Å². The smallest absolute Gasteiger partial charge is 0.311 e. The Balaban J connectivity index is 2.23. The van der Waals surface area contributed by atoms with Crippen LogP contribution in [0.1, 0.15) is 46.3 Å². The molecule has 1 aromatic rings. The van der Waals surface area contributed by atoms with Crippen LogP contribution in [0.15, 0.2) is 35.9 Å². The number of aliphatic hydroxyl groups excluding tert-OH is 1. The van der Waals surface area contributed by atoms with Crippen LogP contribution in [0.25, 0.3) is 0 Å². The van der Waals surface area contributed by atoms with E-state index in [1.54, 1.807) is 34.6 Å². The second-order valence-corrected chi connectivity index (χ2v) is 7.97. The zero-order valence-corrected chi connectivity index (χ0v) is 16.8. The van der Waals surface area contributed by atoms with E-state index < -0.39 is 41.5 Å². The molecule has 154 valence electrons. The molecule has 1 aliphatic rings. The van der Waals surface area contributed by atoms with Gasteiger partial charge in [0.2, 0.25) is 0 Å². The summed E-state index contributed by atoms with van der Waals surface area (Å²) in [6, 6.07) is 5.20. The predicted octanol–water partition coefficient (Wildman–Crippen LogP) is 3.09. The van der Waals surface area contributed by atoms with Crippen LogP contribution in [0, 0.1) is 11.2 Å². The summed E-state index contributed by atoms with van der Waals surface area (Å²) in [5, 5.41) is 10.7. The molecule has 0 spiro atoms.